The van der Waals surface area contributed by atoms with E-state index in [1.165, 1.54) is 19.2 Å². The number of carbonyl (C=O) groups excluding carboxylic acids is 1. The van der Waals surface area contributed by atoms with Crippen LogP contribution in [0.2, 0.25) is 0 Å². The van der Waals surface area contributed by atoms with E-state index in [-0.39, 0.29) is 17.0 Å². The Labute approximate surface area is 78.9 Å². The van der Waals surface area contributed by atoms with Crippen molar-refractivity contribution in [3.63, 3.8) is 0 Å². The van der Waals surface area contributed by atoms with Crippen LogP contribution >= 0.6 is 0 Å². The van der Waals surface area contributed by atoms with Gasteiger partial charge in [0.05, 0.1) is 18.0 Å². The monoisotopic (exact) mass is 197 g/mol. The van der Waals surface area contributed by atoms with Gasteiger partial charge in [0.25, 0.3) is 4.92 Å². The van der Waals surface area contributed by atoms with Gasteiger partial charge in [-0.15, -0.1) is 0 Å². The summed E-state index contributed by atoms with van der Waals surface area (Å²) in [5, 5.41) is 19.1. The summed E-state index contributed by atoms with van der Waals surface area (Å²) in [4.78, 5) is 20.6. The summed E-state index contributed by atoms with van der Waals surface area (Å²) in [5.74, 6) is -1.42. The summed E-state index contributed by atoms with van der Waals surface area (Å²) in [5.41, 5.74) is -0.495. The van der Waals surface area contributed by atoms with Crippen LogP contribution in [-0.4, -0.2) is 23.2 Å². The molecule has 0 radical (unpaired) electrons. The van der Waals surface area contributed by atoms with Gasteiger partial charge in [-0.25, -0.2) is 5.21 Å². The lowest BCUT2D eigenvalue weighted by Gasteiger charge is -2.07. The molecule has 0 amide bonds. The Bertz CT molecular complexity index is 387. The fourth-order valence-electron chi connectivity index (χ4n) is 0.974. The average Bonchev–Trinajstić information content (AvgIpc) is 2.16. The number of benzene rings is 1. The van der Waals surface area contributed by atoms with Crippen molar-refractivity contribution in [3.05, 3.63) is 28.7 Å². The molecule has 1 rings (SSSR count). The Morgan fingerprint density at radius 3 is 2.64 bits per heavy atom. The highest BCUT2D eigenvalue weighted by Gasteiger charge is 2.15. The molecule has 1 aromatic rings. The Hall–Kier alpha value is -2.11. The zero-order valence-electron chi connectivity index (χ0n) is 7.26. The van der Waals surface area contributed by atoms with Crippen LogP contribution in [0.4, 0.5) is 5.69 Å². The van der Waals surface area contributed by atoms with Gasteiger partial charge in [-0.1, -0.05) is 0 Å². The summed E-state index contributed by atoms with van der Waals surface area (Å²) in [6.45, 7) is 0. The second kappa shape index (κ2) is 3.73. The molecule has 0 unspecified atom stereocenters. The van der Waals surface area contributed by atoms with E-state index >= 15 is 0 Å². The van der Waals surface area contributed by atoms with Crippen molar-refractivity contribution < 1.29 is 24.8 Å². The molecule has 1 aromatic carbocycles. The van der Waals surface area contributed by atoms with E-state index in [0.717, 1.165) is 6.07 Å². The van der Waals surface area contributed by atoms with Gasteiger partial charge in [-0.3, -0.25) is 0 Å². The standard InChI is InChI=1S/C8H7NO5/c1-14-7-3-2-5(9(12)13)4-6(7)8(10)11/h2-4H,1H3,(H-,10,11,12,13). The lowest BCUT2D eigenvalue weighted by atomic mass is 10.2. The molecule has 0 aliphatic heterocycles. The van der Waals surface area contributed by atoms with E-state index in [0.29, 0.717) is 0 Å². The van der Waals surface area contributed by atoms with Gasteiger partial charge in [0, 0.05) is 17.7 Å². The van der Waals surface area contributed by atoms with Crippen LogP contribution in [-0.2, 0) is 0 Å². The maximum absolute atomic E-state index is 10.6. The number of methoxy groups -OCH3 is 1. The quantitative estimate of drug-likeness (QED) is 0.681. The first-order valence-electron chi connectivity index (χ1n) is 3.61. The summed E-state index contributed by atoms with van der Waals surface area (Å²) >= 11 is 0. The van der Waals surface area contributed by atoms with Crippen LogP contribution in [0.1, 0.15) is 10.4 Å². The number of carboxylic acids is 1. The first-order valence-corrected chi connectivity index (χ1v) is 3.61. The van der Waals surface area contributed by atoms with Gasteiger partial charge in [-0.2, -0.15) is 0 Å². The summed E-state index contributed by atoms with van der Waals surface area (Å²) < 4.78 is 4.72. The van der Waals surface area contributed by atoms with E-state index in [9.17, 15) is 14.8 Å². The van der Waals surface area contributed by atoms with Gasteiger partial charge in [0.15, 0.2) is 0 Å². The maximum Gasteiger partial charge on any atom is 0.317 e. The van der Waals surface area contributed by atoms with Gasteiger partial charge >= 0.3 is 5.69 Å². The number of ether oxygens (including phenoxy) is 1. The van der Waals surface area contributed by atoms with Crippen molar-refractivity contribution in [2.24, 2.45) is 0 Å². The van der Waals surface area contributed by atoms with Crippen molar-refractivity contribution in [1.82, 2.24) is 0 Å². The highest BCUT2D eigenvalue weighted by atomic mass is 16.6. The summed E-state index contributed by atoms with van der Waals surface area (Å²) in [7, 11) is 1.29. The highest BCUT2D eigenvalue weighted by molar-refractivity contribution is 5.90. The highest BCUT2D eigenvalue weighted by Crippen LogP contribution is 2.22. The predicted octanol–water partition coefficient (Wildman–Crippen LogP) is -0.142. The van der Waals surface area contributed by atoms with Gasteiger partial charge in [-0.05, 0) is 6.07 Å². The number of aromatic carboxylic acids is 1. The lowest BCUT2D eigenvalue weighted by Crippen LogP contribution is -2.23. The van der Waals surface area contributed by atoms with E-state index in [4.69, 9.17) is 9.94 Å². The normalized spacial score (nSPS) is 9.50. The zero-order chi connectivity index (χ0) is 10.7. The Balaban J connectivity index is 3.27. The number of carboxylic acid groups (broad SMARTS) is 1. The number of hydrogen-bond donors (Lipinski definition) is 1. The molecule has 0 atom stereocenters. The molecule has 0 heterocycles. The third-order valence-electron chi connectivity index (χ3n) is 1.62. The zero-order valence-corrected chi connectivity index (χ0v) is 7.26. The first kappa shape index (κ1) is 9.97. The minimum absolute atomic E-state index is 0.0654. The fraction of sp³-hybridized carbons (Fsp3) is 0.125. The molecule has 1 N–H and O–H groups in total. The van der Waals surface area contributed by atoms with Crippen LogP contribution in [0, 0.1) is 4.91 Å². The Morgan fingerprint density at radius 2 is 2.21 bits per heavy atom. The number of rotatable bonds is 3. The molecule has 6 nitrogen and oxygen atoms in total. The summed E-state index contributed by atoms with van der Waals surface area (Å²) in [6, 6.07) is 3.43. The SMILES string of the molecule is COc1ccc([N+](=O)O)cc1C(=O)[O-]. The average molecular weight is 197 g/mol. The Kier molecular flexibility index (Phi) is 2.66. The van der Waals surface area contributed by atoms with Crippen molar-refractivity contribution in [3.8, 4) is 5.75 Å². The van der Waals surface area contributed by atoms with E-state index in [2.05, 4.69) is 0 Å². The van der Waals surface area contributed by atoms with Crippen molar-refractivity contribution in [2.75, 3.05) is 7.11 Å². The topological polar surface area (TPSA) is 89.7 Å². The molecule has 0 saturated heterocycles. The van der Waals surface area contributed by atoms with Gasteiger partial charge in [0.2, 0.25) is 0 Å². The van der Waals surface area contributed by atoms with E-state index in [1.54, 1.807) is 0 Å². The van der Waals surface area contributed by atoms with Crippen molar-refractivity contribution in [1.29, 1.82) is 0 Å². The molecule has 0 bridgehead atoms. The van der Waals surface area contributed by atoms with Crippen LogP contribution in [0.15, 0.2) is 18.2 Å². The van der Waals surface area contributed by atoms with E-state index < -0.39 is 10.9 Å². The molecule has 74 valence electrons. The molecule has 0 aliphatic rings. The molecule has 6 heteroatoms. The minimum Gasteiger partial charge on any atom is -0.545 e. The summed E-state index contributed by atoms with van der Waals surface area (Å²) in [6.07, 6.45) is 0. The van der Waals surface area contributed by atoms with Gasteiger partial charge in [0.1, 0.15) is 5.75 Å². The molecule has 0 aromatic heterocycles. The number of carbonyl (C=O) groups is 1. The molecule has 0 aliphatic carbocycles. The molecule has 0 spiro atoms. The third-order valence-corrected chi connectivity index (χ3v) is 1.62. The molecule has 0 saturated carbocycles. The molecule has 0 fully saturated rings. The second-order valence-corrected chi connectivity index (χ2v) is 2.44. The number of hydrogen-bond acceptors (Lipinski definition) is 4. The predicted molar refractivity (Wildman–Crippen MR) is 42.4 cm³/mol. The van der Waals surface area contributed by atoms with Crippen molar-refractivity contribution in [2.45, 2.75) is 0 Å². The van der Waals surface area contributed by atoms with E-state index in [1.807, 2.05) is 0 Å². The number of nitrogens with zero attached hydrogens (tertiary/aromatic N) is 1. The minimum atomic E-state index is -1.48. The smallest absolute Gasteiger partial charge is 0.317 e. The van der Waals surface area contributed by atoms with Crippen LogP contribution in [0.3, 0.4) is 0 Å². The van der Waals surface area contributed by atoms with Crippen molar-refractivity contribution >= 4 is 11.7 Å². The van der Waals surface area contributed by atoms with Crippen LogP contribution in [0.5, 0.6) is 5.75 Å². The first-order chi connectivity index (χ1) is 6.56. The third kappa shape index (κ3) is 1.79. The molecular weight excluding hydrogens is 190 g/mol. The molecular formula is C8H7NO5. The van der Waals surface area contributed by atoms with Crippen LogP contribution in [0.25, 0.3) is 0 Å². The van der Waals surface area contributed by atoms with Crippen LogP contribution < -0.4 is 9.84 Å². The second-order valence-electron chi connectivity index (χ2n) is 2.44. The fourth-order valence-corrected chi connectivity index (χ4v) is 0.974. The largest absolute Gasteiger partial charge is 0.545 e. The lowest BCUT2D eigenvalue weighted by molar-refractivity contribution is -0.729. The maximum atomic E-state index is 10.6. The Morgan fingerprint density at radius 1 is 1.57 bits per heavy atom. The van der Waals surface area contributed by atoms with Gasteiger partial charge < -0.3 is 14.6 Å². The molecule has 14 heavy (non-hydrogen) atoms.